The van der Waals surface area contributed by atoms with Crippen LogP contribution in [0.4, 0.5) is 0 Å². The summed E-state index contributed by atoms with van der Waals surface area (Å²) in [6.45, 7) is 1.61. The molecule has 0 aliphatic rings. The van der Waals surface area contributed by atoms with Gasteiger partial charge in [0.1, 0.15) is 29.4 Å². The van der Waals surface area contributed by atoms with E-state index in [0.717, 1.165) is 0 Å². The van der Waals surface area contributed by atoms with Gasteiger partial charge in [0.2, 0.25) is 0 Å². The van der Waals surface area contributed by atoms with Crippen molar-refractivity contribution < 1.29 is 23.5 Å². The van der Waals surface area contributed by atoms with Crippen LogP contribution in [0.15, 0.2) is 28.8 Å². The first-order valence-corrected chi connectivity index (χ1v) is 5.99. The molecule has 0 aromatic carbocycles. The Kier molecular flexibility index (Phi) is 3.93. The minimum absolute atomic E-state index is 0.0398. The molecule has 0 bridgehead atoms. The number of nitrogens with zero attached hydrogens (tertiary/aromatic N) is 1. The SMILES string of the molecule is COC(=O)c1cc(COC(=O)c2cccn2C)oc1C. The zero-order valence-corrected chi connectivity index (χ0v) is 11.5. The summed E-state index contributed by atoms with van der Waals surface area (Å²) in [6.07, 6.45) is 1.75. The van der Waals surface area contributed by atoms with Crippen molar-refractivity contribution in [3.8, 4) is 0 Å². The first kappa shape index (κ1) is 13.9. The van der Waals surface area contributed by atoms with Crippen molar-refractivity contribution in [3.05, 3.63) is 47.2 Å². The Hall–Kier alpha value is -2.50. The molecule has 2 aromatic rings. The van der Waals surface area contributed by atoms with Crippen LogP contribution in [0.3, 0.4) is 0 Å². The Morgan fingerprint density at radius 3 is 2.70 bits per heavy atom. The number of furan rings is 1. The largest absolute Gasteiger partial charge is 0.465 e. The Morgan fingerprint density at radius 2 is 2.10 bits per heavy atom. The van der Waals surface area contributed by atoms with Gasteiger partial charge in [-0.15, -0.1) is 0 Å². The summed E-state index contributed by atoms with van der Waals surface area (Å²) >= 11 is 0. The molecule has 0 aliphatic carbocycles. The molecule has 0 spiro atoms. The molecule has 0 amide bonds. The highest BCUT2D eigenvalue weighted by Gasteiger charge is 2.17. The lowest BCUT2D eigenvalue weighted by atomic mass is 10.2. The average Bonchev–Trinajstić information content (AvgIpc) is 3.01. The van der Waals surface area contributed by atoms with E-state index in [9.17, 15) is 9.59 Å². The third kappa shape index (κ3) is 2.74. The highest BCUT2D eigenvalue weighted by Crippen LogP contribution is 2.17. The maximum Gasteiger partial charge on any atom is 0.355 e. The summed E-state index contributed by atoms with van der Waals surface area (Å²) in [5, 5.41) is 0. The van der Waals surface area contributed by atoms with Gasteiger partial charge in [-0.25, -0.2) is 9.59 Å². The lowest BCUT2D eigenvalue weighted by Gasteiger charge is -2.03. The summed E-state index contributed by atoms with van der Waals surface area (Å²) in [5.41, 5.74) is 0.777. The van der Waals surface area contributed by atoms with Gasteiger partial charge in [-0.05, 0) is 25.1 Å². The Balaban J connectivity index is 2.03. The highest BCUT2D eigenvalue weighted by molar-refractivity contribution is 5.90. The quantitative estimate of drug-likeness (QED) is 0.800. The summed E-state index contributed by atoms with van der Waals surface area (Å²) in [7, 11) is 3.05. The second-order valence-electron chi connectivity index (χ2n) is 4.25. The number of ether oxygens (including phenoxy) is 2. The minimum Gasteiger partial charge on any atom is -0.465 e. The van der Waals surface area contributed by atoms with Gasteiger partial charge in [0.15, 0.2) is 0 Å². The van der Waals surface area contributed by atoms with Gasteiger partial charge in [0.25, 0.3) is 0 Å². The van der Waals surface area contributed by atoms with Crippen LogP contribution in [0.25, 0.3) is 0 Å². The van der Waals surface area contributed by atoms with E-state index >= 15 is 0 Å². The van der Waals surface area contributed by atoms with E-state index in [1.165, 1.54) is 13.2 Å². The molecule has 0 fully saturated rings. The number of hydrogen-bond donors (Lipinski definition) is 0. The van der Waals surface area contributed by atoms with Crippen molar-refractivity contribution in [2.75, 3.05) is 7.11 Å². The number of esters is 2. The predicted molar refractivity (Wildman–Crippen MR) is 69.3 cm³/mol. The van der Waals surface area contributed by atoms with Crippen LogP contribution in [0.2, 0.25) is 0 Å². The van der Waals surface area contributed by atoms with Gasteiger partial charge in [0.05, 0.1) is 7.11 Å². The summed E-state index contributed by atoms with van der Waals surface area (Å²) in [6, 6.07) is 4.93. The summed E-state index contributed by atoms with van der Waals surface area (Å²) < 4.78 is 16.8. The van der Waals surface area contributed by atoms with E-state index in [0.29, 0.717) is 22.8 Å². The van der Waals surface area contributed by atoms with E-state index in [1.807, 2.05) is 0 Å². The number of methoxy groups -OCH3 is 1. The number of carbonyl (C=O) groups excluding carboxylic acids is 2. The van der Waals surface area contributed by atoms with E-state index in [4.69, 9.17) is 9.15 Å². The second kappa shape index (κ2) is 5.64. The van der Waals surface area contributed by atoms with Crippen LogP contribution in [-0.2, 0) is 23.1 Å². The molecule has 2 rings (SSSR count). The number of carbonyl (C=O) groups is 2. The molecule has 0 unspecified atom stereocenters. The number of rotatable bonds is 4. The fourth-order valence-corrected chi connectivity index (χ4v) is 1.81. The monoisotopic (exact) mass is 277 g/mol. The first-order valence-electron chi connectivity index (χ1n) is 5.99. The van der Waals surface area contributed by atoms with Crippen LogP contribution in [0.1, 0.15) is 32.4 Å². The van der Waals surface area contributed by atoms with E-state index in [1.54, 1.807) is 36.9 Å². The first-order chi connectivity index (χ1) is 9.52. The Bertz CT molecular complexity index is 638. The summed E-state index contributed by atoms with van der Waals surface area (Å²) in [5.74, 6) is -0.107. The van der Waals surface area contributed by atoms with E-state index in [-0.39, 0.29) is 6.61 Å². The zero-order chi connectivity index (χ0) is 14.7. The third-order valence-corrected chi connectivity index (χ3v) is 2.87. The van der Waals surface area contributed by atoms with Gasteiger partial charge in [-0.2, -0.15) is 0 Å². The fraction of sp³-hybridized carbons (Fsp3) is 0.286. The predicted octanol–water partition coefficient (Wildman–Crippen LogP) is 2.07. The van der Waals surface area contributed by atoms with Crippen molar-refractivity contribution in [2.45, 2.75) is 13.5 Å². The molecule has 6 nitrogen and oxygen atoms in total. The van der Waals surface area contributed by atoms with Crippen LogP contribution in [0, 0.1) is 6.92 Å². The van der Waals surface area contributed by atoms with Gasteiger partial charge in [-0.3, -0.25) is 0 Å². The van der Waals surface area contributed by atoms with Crippen LogP contribution < -0.4 is 0 Å². The molecule has 2 heterocycles. The number of hydrogen-bond acceptors (Lipinski definition) is 5. The zero-order valence-electron chi connectivity index (χ0n) is 11.5. The van der Waals surface area contributed by atoms with Gasteiger partial charge < -0.3 is 18.5 Å². The standard InChI is InChI=1S/C14H15NO5/c1-9-11(13(16)18-3)7-10(20-9)8-19-14(17)12-5-4-6-15(12)2/h4-7H,8H2,1-3H3. The molecule has 0 radical (unpaired) electrons. The van der Waals surface area contributed by atoms with Crippen molar-refractivity contribution in [1.29, 1.82) is 0 Å². The van der Waals surface area contributed by atoms with Gasteiger partial charge >= 0.3 is 11.9 Å². The maximum absolute atomic E-state index is 11.8. The Morgan fingerprint density at radius 1 is 1.35 bits per heavy atom. The van der Waals surface area contributed by atoms with Crippen molar-refractivity contribution in [3.63, 3.8) is 0 Å². The molecule has 0 saturated carbocycles. The van der Waals surface area contributed by atoms with Crippen molar-refractivity contribution in [2.24, 2.45) is 7.05 Å². The smallest absolute Gasteiger partial charge is 0.355 e. The number of aromatic nitrogens is 1. The minimum atomic E-state index is -0.480. The average molecular weight is 277 g/mol. The van der Waals surface area contributed by atoms with E-state index in [2.05, 4.69) is 4.74 Å². The van der Waals surface area contributed by atoms with Crippen molar-refractivity contribution in [1.82, 2.24) is 4.57 Å². The molecule has 6 heteroatoms. The van der Waals surface area contributed by atoms with Crippen LogP contribution in [0.5, 0.6) is 0 Å². The molecular formula is C14H15NO5. The van der Waals surface area contributed by atoms with E-state index < -0.39 is 11.9 Å². The lowest BCUT2D eigenvalue weighted by Crippen LogP contribution is -2.09. The molecule has 0 N–H and O–H groups in total. The van der Waals surface area contributed by atoms with Gasteiger partial charge in [0, 0.05) is 13.2 Å². The van der Waals surface area contributed by atoms with Crippen LogP contribution in [-0.4, -0.2) is 23.6 Å². The second-order valence-corrected chi connectivity index (χ2v) is 4.25. The molecule has 2 aromatic heterocycles. The topological polar surface area (TPSA) is 70.7 Å². The lowest BCUT2D eigenvalue weighted by molar-refractivity contribution is 0.0432. The number of aryl methyl sites for hydroxylation is 2. The third-order valence-electron chi connectivity index (χ3n) is 2.87. The molecule has 0 atom stereocenters. The molecule has 0 saturated heterocycles. The van der Waals surface area contributed by atoms with Crippen LogP contribution >= 0.6 is 0 Å². The fourth-order valence-electron chi connectivity index (χ4n) is 1.81. The normalized spacial score (nSPS) is 10.3. The molecule has 20 heavy (non-hydrogen) atoms. The Labute approximate surface area is 115 Å². The molecule has 0 aliphatic heterocycles. The maximum atomic E-state index is 11.8. The van der Waals surface area contributed by atoms with Gasteiger partial charge in [-0.1, -0.05) is 0 Å². The van der Waals surface area contributed by atoms with Crippen molar-refractivity contribution >= 4 is 11.9 Å². The molecule has 106 valence electrons. The molecular weight excluding hydrogens is 262 g/mol. The highest BCUT2D eigenvalue weighted by atomic mass is 16.5. The summed E-state index contributed by atoms with van der Waals surface area (Å²) in [4.78, 5) is 23.2.